The number of amides is 1. The number of rotatable bonds is 4. The van der Waals surface area contributed by atoms with Gasteiger partial charge in [-0.25, -0.2) is 13.4 Å². The molecule has 1 aliphatic rings. The first-order chi connectivity index (χ1) is 16.3. The number of nitrogens with zero attached hydrogens (tertiary/aromatic N) is 2. The number of carbonyl (C=O) groups excluding carboxylic acids is 1. The van der Waals surface area contributed by atoms with Gasteiger partial charge in [-0.1, -0.05) is 30.3 Å². The third-order valence-electron chi connectivity index (χ3n) is 6.21. The largest absolute Gasteiger partial charge is 0.322 e. The summed E-state index contributed by atoms with van der Waals surface area (Å²) >= 11 is 0. The summed E-state index contributed by atoms with van der Waals surface area (Å²) in [6, 6.07) is 22.9. The van der Waals surface area contributed by atoms with E-state index in [9.17, 15) is 13.2 Å². The Kier molecular flexibility index (Phi) is 5.57. The molecule has 1 aliphatic heterocycles. The molecule has 0 unspecified atom stereocenters. The summed E-state index contributed by atoms with van der Waals surface area (Å²) in [5, 5.41) is 4.06. The number of anilines is 2. The number of hydrogen-bond acceptors (Lipinski definition) is 4. The van der Waals surface area contributed by atoms with Crippen molar-refractivity contribution in [3.63, 3.8) is 0 Å². The molecule has 1 aromatic heterocycles. The number of aryl methyl sites for hydroxylation is 2. The van der Waals surface area contributed by atoms with E-state index in [0.717, 1.165) is 33.3 Å². The van der Waals surface area contributed by atoms with E-state index >= 15 is 0 Å². The molecule has 7 heteroatoms. The third-order valence-corrected chi connectivity index (χ3v) is 8.08. The monoisotopic (exact) mass is 471 g/mol. The first kappa shape index (κ1) is 22.1. The Morgan fingerprint density at radius 1 is 0.941 bits per heavy atom. The lowest BCUT2D eigenvalue weighted by atomic mass is 10.0. The number of sulfonamides is 1. The first-order valence-electron chi connectivity index (χ1n) is 11.2. The van der Waals surface area contributed by atoms with Crippen LogP contribution in [0.2, 0.25) is 0 Å². The molecule has 1 amide bonds. The number of aromatic nitrogens is 1. The van der Waals surface area contributed by atoms with Crippen molar-refractivity contribution >= 4 is 38.2 Å². The van der Waals surface area contributed by atoms with Crippen molar-refractivity contribution < 1.29 is 13.2 Å². The molecule has 0 aliphatic carbocycles. The highest BCUT2D eigenvalue weighted by atomic mass is 32.2. The van der Waals surface area contributed by atoms with Crippen LogP contribution in [0.5, 0.6) is 0 Å². The van der Waals surface area contributed by atoms with E-state index in [4.69, 9.17) is 4.98 Å². The van der Waals surface area contributed by atoms with Crippen molar-refractivity contribution in [3.8, 4) is 11.3 Å². The number of hydrogen-bond donors (Lipinski definition) is 1. The second-order valence-electron chi connectivity index (χ2n) is 8.61. The number of benzene rings is 3. The van der Waals surface area contributed by atoms with Crippen LogP contribution in [0, 0.1) is 13.8 Å². The minimum Gasteiger partial charge on any atom is -0.322 e. The van der Waals surface area contributed by atoms with Gasteiger partial charge in [0.05, 0.1) is 22.7 Å². The molecule has 2 heterocycles. The number of nitrogens with one attached hydrogen (secondary N) is 1. The summed E-state index contributed by atoms with van der Waals surface area (Å²) in [5.41, 5.74) is 6.29. The van der Waals surface area contributed by atoms with Crippen LogP contribution in [-0.2, 0) is 10.0 Å². The normalized spacial score (nSPS) is 14.9. The molecule has 5 rings (SSSR count). The van der Waals surface area contributed by atoms with Crippen molar-refractivity contribution in [1.29, 1.82) is 0 Å². The lowest BCUT2D eigenvalue weighted by Crippen LogP contribution is -2.25. The summed E-state index contributed by atoms with van der Waals surface area (Å²) in [6.07, 6.45) is 0.617. The van der Waals surface area contributed by atoms with E-state index < -0.39 is 10.0 Å². The summed E-state index contributed by atoms with van der Waals surface area (Å²) in [5.74, 6) is -0.0783. The van der Waals surface area contributed by atoms with E-state index in [-0.39, 0.29) is 11.7 Å². The summed E-state index contributed by atoms with van der Waals surface area (Å²) < 4.78 is 25.9. The Bertz CT molecular complexity index is 1530. The van der Waals surface area contributed by atoms with Crippen molar-refractivity contribution in [2.45, 2.75) is 20.3 Å². The van der Waals surface area contributed by atoms with Crippen LogP contribution >= 0.6 is 0 Å². The average Bonchev–Trinajstić information content (AvgIpc) is 3.18. The number of pyridine rings is 1. The number of para-hydroxylation sites is 1. The van der Waals surface area contributed by atoms with Gasteiger partial charge in [0.25, 0.3) is 5.91 Å². The molecule has 34 heavy (non-hydrogen) atoms. The van der Waals surface area contributed by atoms with Gasteiger partial charge >= 0.3 is 0 Å². The van der Waals surface area contributed by atoms with Crippen LogP contribution < -0.4 is 9.62 Å². The van der Waals surface area contributed by atoms with Crippen LogP contribution in [0.25, 0.3) is 22.2 Å². The van der Waals surface area contributed by atoms with Crippen LogP contribution in [0.1, 0.15) is 27.9 Å². The van der Waals surface area contributed by atoms with Gasteiger partial charge in [0.1, 0.15) is 0 Å². The van der Waals surface area contributed by atoms with Crippen molar-refractivity contribution in [1.82, 2.24) is 4.98 Å². The van der Waals surface area contributed by atoms with Gasteiger partial charge in [0, 0.05) is 28.7 Å². The minimum atomic E-state index is -3.26. The maximum atomic E-state index is 13.0. The second kappa shape index (κ2) is 8.57. The van der Waals surface area contributed by atoms with Crippen LogP contribution in [-0.4, -0.2) is 31.6 Å². The summed E-state index contributed by atoms with van der Waals surface area (Å²) in [4.78, 5) is 17.8. The third kappa shape index (κ3) is 4.15. The molecule has 0 bridgehead atoms. The molecule has 1 saturated heterocycles. The van der Waals surface area contributed by atoms with E-state index in [1.165, 1.54) is 4.31 Å². The van der Waals surface area contributed by atoms with Gasteiger partial charge in [0.15, 0.2) is 0 Å². The first-order valence-corrected chi connectivity index (χ1v) is 12.8. The number of carbonyl (C=O) groups is 1. The Hall–Kier alpha value is -3.71. The molecule has 1 fully saturated rings. The number of fused-ring (bicyclic) bond motifs is 1. The fourth-order valence-electron chi connectivity index (χ4n) is 4.38. The van der Waals surface area contributed by atoms with Crippen LogP contribution in [0.15, 0.2) is 72.8 Å². The molecular weight excluding hydrogens is 446 g/mol. The van der Waals surface area contributed by atoms with Crippen LogP contribution in [0.3, 0.4) is 0 Å². The molecule has 4 aromatic rings. The average molecular weight is 472 g/mol. The second-order valence-corrected chi connectivity index (χ2v) is 10.6. The van der Waals surface area contributed by atoms with Gasteiger partial charge in [-0.05, 0) is 73.9 Å². The summed E-state index contributed by atoms with van der Waals surface area (Å²) in [7, 11) is -3.26. The fraction of sp³-hybridized carbons (Fsp3) is 0.185. The van der Waals surface area contributed by atoms with Gasteiger partial charge < -0.3 is 5.32 Å². The highest BCUT2D eigenvalue weighted by Crippen LogP contribution is 2.29. The van der Waals surface area contributed by atoms with Crippen molar-refractivity contribution in [2.75, 3.05) is 21.9 Å². The van der Waals surface area contributed by atoms with Crippen molar-refractivity contribution in [3.05, 3.63) is 89.5 Å². The molecule has 1 N–H and O–H groups in total. The van der Waals surface area contributed by atoms with Gasteiger partial charge in [0.2, 0.25) is 10.0 Å². The topological polar surface area (TPSA) is 79.4 Å². The quantitative estimate of drug-likeness (QED) is 0.437. The molecule has 172 valence electrons. The zero-order valence-electron chi connectivity index (χ0n) is 19.1. The zero-order chi connectivity index (χ0) is 23.9. The summed E-state index contributed by atoms with van der Waals surface area (Å²) in [6.45, 7) is 4.32. The Labute approximate surface area is 199 Å². The van der Waals surface area contributed by atoms with Gasteiger partial charge in [-0.15, -0.1) is 0 Å². The van der Waals surface area contributed by atoms with E-state index in [0.29, 0.717) is 29.9 Å². The van der Waals surface area contributed by atoms with E-state index in [1.54, 1.807) is 18.2 Å². The highest BCUT2D eigenvalue weighted by Gasteiger charge is 2.28. The lowest BCUT2D eigenvalue weighted by Gasteiger charge is -2.18. The maximum absolute atomic E-state index is 13.0. The smallest absolute Gasteiger partial charge is 0.255 e. The highest BCUT2D eigenvalue weighted by molar-refractivity contribution is 7.93. The molecule has 0 atom stereocenters. The van der Waals surface area contributed by atoms with Crippen LogP contribution in [0.4, 0.5) is 11.4 Å². The van der Waals surface area contributed by atoms with E-state index in [2.05, 4.69) is 5.32 Å². The predicted octanol–water partition coefficient (Wildman–Crippen LogP) is 5.31. The van der Waals surface area contributed by atoms with Gasteiger partial charge in [-0.3, -0.25) is 9.10 Å². The molecule has 0 radical (unpaired) electrons. The molecular formula is C27H25N3O3S. The fourth-order valence-corrected chi connectivity index (χ4v) is 5.93. The molecule has 3 aromatic carbocycles. The SMILES string of the molecule is Cc1cc(N2CCCS2(=O)=O)ccc1C(=O)Nc1ccc(C)c(-c2ccc3ccccc3n2)c1. The van der Waals surface area contributed by atoms with Crippen molar-refractivity contribution in [2.24, 2.45) is 0 Å². The Morgan fingerprint density at radius 2 is 1.76 bits per heavy atom. The standard InChI is InChI=1S/C27H25N3O3S/c1-18-8-10-21(17-24(18)26-13-9-20-6-3-4-7-25(20)29-26)28-27(31)23-12-11-22(16-19(23)2)30-14-5-15-34(30,32)33/h3-4,6-13,16-17H,5,14-15H2,1-2H3,(H,28,31). The van der Waals surface area contributed by atoms with E-state index in [1.807, 2.05) is 68.4 Å². The lowest BCUT2D eigenvalue weighted by molar-refractivity contribution is 0.102. The zero-order valence-corrected chi connectivity index (χ0v) is 19.9. The minimum absolute atomic E-state index is 0.163. The molecule has 0 saturated carbocycles. The predicted molar refractivity (Wildman–Crippen MR) is 137 cm³/mol. The molecule has 0 spiro atoms. The van der Waals surface area contributed by atoms with Gasteiger partial charge in [-0.2, -0.15) is 0 Å². The molecule has 6 nitrogen and oxygen atoms in total. The maximum Gasteiger partial charge on any atom is 0.255 e. The Morgan fingerprint density at radius 3 is 2.53 bits per heavy atom. The Balaban J connectivity index is 1.41.